The summed E-state index contributed by atoms with van der Waals surface area (Å²) in [6.45, 7) is 0. The fourth-order valence-corrected chi connectivity index (χ4v) is 3.01. The molecule has 1 N–H and O–H groups in total. The summed E-state index contributed by atoms with van der Waals surface area (Å²) in [5.41, 5.74) is -0.939. The van der Waals surface area contributed by atoms with Crippen LogP contribution in [0.4, 0.5) is 13.2 Å². The Hall–Kier alpha value is -2.03. The van der Waals surface area contributed by atoms with E-state index in [2.05, 4.69) is 0 Å². The summed E-state index contributed by atoms with van der Waals surface area (Å²) in [5, 5.41) is 0.528. The number of rotatable bonds is 4. The van der Waals surface area contributed by atoms with Gasteiger partial charge in [0, 0.05) is 22.7 Å². The van der Waals surface area contributed by atoms with E-state index in [4.69, 9.17) is 23.2 Å². The van der Waals surface area contributed by atoms with Crippen LogP contribution in [-0.4, -0.2) is 14.3 Å². The van der Waals surface area contributed by atoms with E-state index in [0.29, 0.717) is 23.6 Å². The van der Waals surface area contributed by atoms with E-state index in [1.54, 1.807) is 4.72 Å². The molecule has 0 fully saturated rings. The number of hydrogen-bond donors (Lipinski definition) is 1. The smallest absolute Gasteiger partial charge is 0.266 e. The Labute approximate surface area is 150 Å². The standard InChI is InChI=1S/C15H8Cl2F3NO3S/c16-8-1-2-10(12(17)5-8)15(22)21-25(23,24)4-3-11-13(19)6-9(18)7-14(11)20/h1-7H,(H,21,22). The number of amides is 1. The van der Waals surface area contributed by atoms with Crippen LogP contribution in [0.3, 0.4) is 0 Å². The Kier molecular flexibility index (Phi) is 5.76. The number of halogens is 5. The monoisotopic (exact) mass is 409 g/mol. The first-order chi connectivity index (χ1) is 11.6. The maximum Gasteiger partial charge on any atom is 0.266 e. The number of carbonyl (C=O) groups excluding carboxylic acids is 1. The zero-order valence-corrected chi connectivity index (χ0v) is 14.4. The molecular weight excluding hydrogens is 402 g/mol. The zero-order valence-electron chi connectivity index (χ0n) is 12.1. The van der Waals surface area contributed by atoms with Gasteiger partial charge in [0.2, 0.25) is 0 Å². The zero-order chi connectivity index (χ0) is 18.8. The third-order valence-corrected chi connectivity index (χ3v) is 4.38. The minimum atomic E-state index is -4.40. The van der Waals surface area contributed by atoms with E-state index < -0.39 is 38.9 Å². The Morgan fingerprint density at radius 1 is 1.04 bits per heavy atom. The summed E-state index contributed by atoms with van der Waals surface area (Å²) in [7, 11) is -4.40. The van der Waals surface area contributed by atoms with Gasteiger partial charge in [-0.3, -0.25) is 4.79 Å². The van der Waals surface area contributed by atoms with Crippen molar-refractivity contribution in [3.63, 3.8) is 0 Å². The van der Waals surface area contributed by atoms with Crippen LogP contribution in [0, 0.1) is 17.5 Å². The fraction of sp³-hybridized carbons (Fsp3) is 0. The van der Waals surface area contributed by atoms with Gasteiger partial charge in [-0.05, 0) is 24.3 Å². The highest BCUT2D eigenvalue weighted by atomic mass is 35.5. The average Bonchev–Trinajstić information content (AvgIpc) is 2.44. The molecule has 0 saturated carbocycles. The Bertz CT molecular complexity index is 955. The second kappa shape index (κ2) is 7.47. The molecule has 0 bridgehead atoms. The van der Waals surface area contributed by atoms with Crippen LogP contribution in [0.1, 0.15) is 15.9 Å². The van der Waals surface area contributed by atoms with E-state index in [-0.39, 0.29) is 15.6 Å². The quantitative estimate of drug-likeness (QED) is 0.824. The van der Waals surface area contributed by atoms with E-state index >= 15 is 0 Å². The molecule has 0 spiro atoms. The van der Waals surface area contributed by atoms with Gasteiger partial charge in [0.1, 0.15) is 17.5 Å². The predicted molar refractivity (Wildman–Crippen MR) is 88.2 cm³/mol. The van der Waals surface area contributed by atoms with Crippen LogP contribution in [0.15, 0.2) is 35.7 Å². The molecule has 0 aliphatic carbocycles. The second-order valence-corrected chi connectivity index (χ2v) is 7.10. The van der Waals surface area contributed by atoms with Gasteiger partial charge in [-0.1, -0.05) is 23.2 Å². The molecule has 0 atom stereocenters. The van der Waals surface area contributed by atoms with Crippen molar-refractivity contribution in [1.29, 1.82) is 0 Å². The lowest BCUT2D eigenvalue weighted by molar-refractivity contribution is 0.0982. The third-order valence-electron chi connectivity index (χ3n) is 2.87. The summed E-state index contributed by atoms with van der Waals surface area (Å²) < 4.78 is 65.1. The van der Waals surface area contributed by atoms with Crippen molar-refractivity contribution in [2.24, 2.45) is 0 Å². The number of nitrogens with one attached hydrogen (secondary N) is 1. The Morgan fingerprint density at radius 3 is 2.20 bits per heavy atom. The Morgan fingerprint density at radius 2 is 1.64 bits per heavy atom. The predicted octanol–water partition coefficient (Wildman–Crippen LogP) is 4.14. The topological polar surface area (TPSA) is 63.2 Å². The van der Waals surface area contributed by atoms with Crippen molar-refractivity contribution in [3.8, 4) is 0 Å². The van der Waals surface area contributed by atoms with Crippen LogP contribution in [-0.2, 0) is 10.0 Å². The molecule has 0 aromatic heterocycles. The minimum absolute atomic E-state index is 0.0835. The highest BCUT2D eigenvalue weighted by molar-refractivity contribution is 7.93. The van der Waals surface area contributed by atoms with Gasteiger partial charge in [0.25, 0.3) is 15.9 Å². The van der Waals surface area contributed by atoms with Gasteiger partial charge in [0.05, 0.1) is 16.0 Å². The highest BCUT2D eigenvalue weighted by Gasteiger charge is 2.17. The molecule has 2 aromatic carbocycles. The normalized spacial score (nSPS) is 11.7. The largest absolute Gasteiger partial charge is 0.268 e. The molecule has 1 amide bonds. The maximum atomic E-state index is 13.5. The number of sulfonamides is 1. The molecule has 2 rings (SSSR count). The maximum absolute atomic E-state index is 13.5. The lowest BCUT2D eigenvalue weighted by Gasteiger charge is -2.06. The van der Waals surface area contributed by atoms with Crippen LogP contribution in [0.25, 0.3) is 6.08 Å². The highest BCUT2D eigenvalue weighted by Crippen LogP contribution is 2.21. The molecule has 10 heteroatoms. The van der Waals surface area contributed by atoms with E-state index in [1.807, 2.05) is 0 Å². The van der Waals surface area contributed by atoms with Gasteiger partial charge in [-0.2, -0.15) is 0 Å². The molecule has 25 heavy (non-hydrogen) atoms. The van der Waals surface area contributed by atoms with Crippen molar-refractivity contribution in [3.05, 3.63) is 74.4 Å². The summed E-state index contributed by atoms with van der Waals surface area (Å²) >= 11 is 11.5. The molecule has 0 unspecified atom stereocenters. The molecule has 0 aliphatic rings. The molecule has 0 aliphatic heterocycles. The number of hydrogen-bond acceptors (Lipinski definition) is 3. The average molecular weight is 410 g/mol. The van der Waals surface area contributed by atoms with Crippen LogP contribution >= 0.6 is 23.2 Å². The molecule has 4 nitrogen and oxygen atoms in total. The number of benzene rings is 2. The first-order valence-corrected chi connectivity index (χ1v) is 8.74. The second-order valence-electron chi connectivity index (χ2n) is 4.69. The lowest BCUT2D eigenvalue weighted by Crippen LogP contribution is -2.29. The molecular formula is C15H8Cl2F3NO3S. The molecule has 2 aromatic rings. The molecule has 0 heterocycles. The van der Waals surface area contributed by atoms with Crippen molar-refractivity contribution in [1.82, 2.24) is 4.72 Å². The van der Waals surface area contributed by atoms with Crippen LogP contribution < -0.4 is 4.72 Å². The molecule has 0 saturated heterocycles. The summed E-state index contributed by atoms with van der Waals surface area (Å²) in [6.07, 6.45) is 0.559. The van der Waals surface area contributed by atoms with Crippen molar-refractivity contribution in [2.75, 3.05) is 0 Å². The number of carbonyl (C=O) groups is 1. The van der Waals surface area contributed by atoms with Gasteiger partial charge in [-0.15, -0.1) is 0 Å². The van der Waals surface area contributed by atoms with Gasteiger partial charge in [0.15, 0.2) is 0 Å². The van der Waals surface area contributed by atoms with Crippen molar-refractivity contribution < 1.29 is 26.4 Å². The molecule has 132 valence electrons. The van der Waals surface area contributed by atoms with Gasteiger partial charge in [-0.25, -0.2) is 26.3 Å². The van der Waals surface area contributed by atoms with Gasteiger partial charge < -0.3 is 0 Å². The first-order valence-electron chi connectivity index (χ1n) is 6.44. The third kappa shape index (κ3) is 4.97. The fourth-order valence-electron chi connectivity index (χ4n) is 1.76. The van der Waals surface area contributed by atoms with Crippen molar-refractivity contribution >= 4 is 45.2 Å². The van der Waals surface area contributed by atoms with Gasteiger partial charge >= 0.3 is 0 Å². The molecule has 0 radical (unpaired) electrons. The lowest BCUT2D eigenvalue weighted by atomic mass is 10.2. The summed E-state index contributed by atoms with van der Waals surface area (Å²) in [4.78, 5) is 11.9. The SMILES string of the molecule is O=C(NS(=O)(=O)C=Cc1c(F)cc(F)cc1F)c1ccc(Cl)cc1Cl. The summed E-state index contributed by atoms with van der Waals surface area (Å²) in [6, 6.07) is 4.55. The Balaban J connectivity index is 2.24. The minimum Gasteiger partial charge on any atom is -0.268 e. The summed E-state index contributed by atoms with van der Waals surface area (Å²) in [5.74, 6) is -4.81. The van der Waals surface area contributed by atoms with Crippen molar-refractivity contribution in [2.45, 2.75) is 0 Å². The first kappa shape index (κ1) is 19.3. The van der Waals surface area contributed by atoms with E-state index in [0.717, 1.165) is 0 Å². The van der Waals surface area contributed by atoms with E-state index in [9.17, 15) is 26.4 Å². The van der Waals surface area contributed by atoms with E-state index in [1.165, 1.54) is 18.2 Å². The van der Waals surface area contributed by atoms with Crippen LogP contribution in [0.5, 0.6) is 0 Å². The van der Waals surface area contributed by atoms with Crippen LogP contribution in [0.2, 0.25) is 10.0 Å².